The fourth-order valence-electron chi connectivity index (χ4n) is 1.48. The van der Waals surface area contributed by atoms with Gasteiger partial charge in [0.25, 0.3) is 5.22 Å². The Morgan fingerprint density at radius 2 is 2.39 bits per heavy atom. The molecule has 3 rings (SSSR count). The van der Waals surface area contributed by atoms with E-state index in [0.717, 1.165) is 10.2 Å². The van der Waals surface area contributed by atoms with Gasteiger partial charge in [-0.25, -0.2) is 20.8 Å². The maximum atomic E-state index is 5.46. The first kappa shape index (κ1) is 11.5. The molecule has 0 saturated carbocycles. The zero-order valence-electron chi connectivity index (χ0n) is 9.16. The Labute approximate surface area is 111 Å². The van der Waals surface area contributed by atoms with E-state index in [-0.39, 0.29) is 0 Å². The van der Waals surface area contributed by atoms with E-state index in [2.05, 4.69) is 20.4 Å². The van der Waals surface area contributed by atoms with Gasteiger partial charge >= 0.3 is 0 Å². The highest BCUT2D eigenvalue weighted by atomic mass is 32.2. The summed E-state index contributed by atoms with van der Waals surface area (Å²) in [5.41, 5.74) is 2.60. The van der Waals surface area contributed by atoms with Crippen molar-refractivity contribution in [3.05, 3.63) is 29.7 Å². The number of oxazole rings is 1. The molecule has 3 aromatic heterocycles. The molecule has 0 fully saturated rings. The standard InChI is InChI=1S/C10H9N5OS2/c11-15-8-6-1-4-17-9(6)14-7(13-8)5-18-10-12-2-3-16-10/h1-4H,5,11H2,(H,13,14,15). The fourth-order valence-corrected chi connectivity index (χ4v) is 2.91. The number of hydrogen-bond acceptors (Lipinski definition) is 8. The SMILES string of the molecule is NNc1nc(CSc2ncco2)nc2sccc12. The summed E-state index contributed by atoms with van der Waals surface area (Å²) in [7, 11) is 0. The van der Waals surface area contributed by atoms with E-state index in [1.54, 1.807) is 23.8 Å². The molecule has 6 nitrogen and oxygen atoms in total. The lowest BCUT2D eigenvalue weighted by molar-refractivity contribution is 0.454. The van der Waals surface area contributed by atoms with Crippen molar-refractivity contribution in [2.75, 3.05) is 5.43 Å². The lowest BCUT2D eigenvalue weighted by atomic mass is 10.4. The highest BCUT2D eigenvalue weighted by Gasteiger charge is 2.09. The van der Waals surface area contributed by atoms with Gasteiger partial charge in [-0.15, -0.1) is 11.3 Å². The Morgan fingerprint density at radius 1 is 1.44 bits per heavy atom. The minimum Gasteiger partial charge on any atom is -0.440 e. The van der Waals surface area contributed by atoms with Gasteiger partial charge in [0.15, 0.2) is 5.82 Å². The van der Waals surface area contributed by atoms with Crippen LogP contribution >= 0.6 is 23.1 Å². The Hall–Kier alpha value is -1.64. The van der Waals surface area contributed by atoms with Crippen LogP contribution in [-0.2, 0) is 5.75 Å². The van der Waals surface area contributed by atoms with E-state index >= 15 is 0 Å². The van der Waals surface area contributed by atoms with Crippen molar-refractivity contribution in [2.45, 2.75) is 11.0 Å². The predicted octanol–water partition coefficient (Wildman–Crippen LogP) is 2.26. The molecule has 0 aliphatic rings. The number of nitrogens with one attached hydrogen (secondary N) is 1. The first-order valence-corrected chi connectivity index (χ1v) is 6.96. The number of rotatable bonds is 4. The van der Waals surface area contributed by atoms with Gasteiger partial charge in [-0.3, -0.25) is 0 Å². The van der Waals surface area contributed by atoms with Crippen LogP contribution in [0, 0.1) is 0 Å². The number of thioether (sulfide) groups is 1. The van der Waals surface area contributed by atoms with Gasteiger partial charge in [0.2, 0.25) is 0 Å². The molecular weight excluding hydrogens is 270 g/mol. The lowest BCUT2D eigenvalue weighted by Crippen LogP contribution is -2.10. The first-order valence-electron chi connectivity index (χ1n) is 5.10. The summed E-state index contributed by atoms with van der Waals surface area (Å²) in [6.07, 6.45) is 3.15. The zero-order valence-corrected chi connectivity index (χ0v) is 10.8. The highest BCUT2D eigenvalue weighted by Crippen LogP contribution is 2.26. The molecule has 0 spiro atoms. The predicted molar refractivity (Wildman–Crippen MR) is 71.3 cm³/mol. The van der Waals surface area contributed by atoms with Gasteiger partial charge in [-0.05, 0) is 11.4 Å². The van der Waals surface area contributed by atoms with Crippen molar-refractivity contribution < 1.29 is 4.42 Å². The molecule has 0 saturated heterocycles. The molecule has 92 valence electrons. The molecule has 0 aliphatic heterocycles. The maximum absolute atomic E-state index is 5.46. The molecular formula is C10H9N5OS2. The number of nitrogens with zero attached hydrogens (tertiary/aromatic N) is 3. The van der Waals surface area contributed by atoms with Gasteiger partial charge in [0, 0.05) is 0 Å². The molecule has 0 bridgehead atoms. The number of aromatic nitrogens is 3. The Bertz CT molecular complexity index is 651. The molecule has 0 amide bonds. The molecule has 0 aromatic carbocycles. The Balaban J connectivity index is 1.87. The zero-order chi connectivity index (χ0) is 12.4. The van der Waals surface area contributed by atoms with Gasteiger partial charge in [-0.2, -0.15) is 0 Å². The summed E-state index contributed by atoms with van der Waals surface area (Å²) in [5.74, 6) is 7.39. The van der Waals surface area contributed by atoms with Crippen molar-refractivity contribution in [3.8, 4) is 0 Å². The summed E-state index contributed by atoms with van der Waals surface area (Å²) in [5, 5.41) is 3.50. The third-order valence-electron chi connectivity index (χ3n) is 2.24. The molecule has 3 heterocycles. The molecule has 0 aliphatic carbocycles. The van der Waals surface area contributed by atoms with Gasteiger partial charge in [-0.1, -0.05) is 11.8 Å². The third-order valence-corrected chi connectivity index (χ3v) is 3.90. The van der Waals surface area contributed by atoms with E-state index < -0.39 is 0 Å². The second-order valence-electron chi connectivity index (χ2n) is 3.36. The number of fused-ring (bicyclic) bond motifs is 1. The van der Waals surface area contributed by atoms with E-state index in [0.29, 0.717) is 22.6 Å². The van der Waals surface area contributed by atoms with Crippen LogP contribution in [0.1, 0.15) is 5.82 Å². The van der Waals surface area contributed by atoms with Crippen LogP contribution in [0.2, 0.25) is 0 Å². The topological polar surface area (TPSA) is 89.9 Å². The van der Waals surface area contributed by atoms with E-state index in [1.807, 2.05) is 11.4 Å². The number of thiophene rings is 1. The average Bonchev–Trinajstić information content (AvgIpc) is 3.06. The summed E-state index contributed by atoms with van der Waals surface area (Å²) in [4.78, 5) is 13.8. The summed E-state index contributed by atoms with van der Waals surface area (Å²) in [6.45, 7) is 0. The number of hydrogen-bond donors (Lipinski definition) is 2. The second-order valence-corrected chi connectivity index (χ2v) is 5.18. The molecule has 3 aromatic rings. The molecule has 8 heteroatoms. The summed E-state index contributed by atoms with van der Waals surface area (Å²) < 4.78 is 5.14. The molecule has 0 atom stereocenters. The van der Waals surface area contributed by atoms with Gasteiger partial charge in [0.1, 0.15) is 16.9 Å². The van der Waals surface area contributed by atoms with Crippen LogP contribution in [0.5, 0.6) is 0 Å². The molecule has 0 radical (unpaired) electrons. The van der Waals surface area contributed by atoms with Crippen molar-refractivity contribution in [2.24, 2.45) is 5.84 Å². The van der Waals surface area contributed by atoms with Crippen LogP contribution in [0.3, 0.4) is 0 Å². The lowest BCUT2D eigenvalue weighted by Gasteiger charge is -2.03. The summed E-state index contributed by atoms with van der Waals surface area (Å²) >= 11 is 3.00. The number of hydrazine groups is 1. The van der Waals surface area contributed by atoms with Crippen molar-refractivity contribution in [1.29, 1.82) is 0 Å². The molecule has 0 unspecified atom stereocenters. The Kier molecular flexibility index (Phi) is 3.13. The van der Waals surface area contributed by atoms with Crippen molar-refractivity contribution in [1.82, 2.24) is 15.0 Å². The van der Waals surface area contributed by atoms with E-state index in [1.165, 1.54) is 11.8 Å². The first-order chi connectivity index (χ1) is 8.86. The average molecular weight is 279 g/mol. The van der Waals surface area contributed by atoms with Crippen molar-refractivity contribution >= 4 is 39.1 Å². The summed E-state index contributed by atoms with van der Waals surface area (Å²) in [6, 6.07) is 1.94. The van der Waals surface area contributed by atoms with Crippen LogP contribution in [0.4, 0.5) is 5.82 Å². The minimum absolute atomic E-state index is 0.586. The van der Waals surface area contributed by atoms with Crippen LogP contribution < -0.4 is 11.3 Å². The number of anilines is 1. The smallest absolute Gasteiger partial charge is 0.255 e. The fraction of sp³-hybridized carbons (Fsp3) is 0.100. The van der Waals surface area contributed by atoms with Crippen LogP contribution in [0.15, 0.2) is 33.5 Å². The molecule has 3 N–H and O–H groups in total. The second kappa shape index (κ2) is 4.92. The van der Waals surface area contributed by atoms with Crippen LogP contribution in [0.25, 0.3) is 10.2 Å². The number of nitrogens with two attached hydrogens (primary N) is 1. The molecule has 18 heavy (non-hydrogen) atoms. The number of nitrogen functional groups attached to an aromatic ring is 1. The van der Waals surface area contributed by atoms with Crippen LogP contribution in [-0.4, -0.2) is 15.0 Å². The normalized spacial score (nSPS) is 10.9. The monoisotopic (exact) mass is 279 g/mol. The van der Waals surface area contributed by atoms with Gasteiger partial charge in [0.05, 0.1) is 17.3 Å². The minimum atomic E-state index is 0.586. The van der Waals surface area contributed by atoms with E-state index in [9.17, 15) is 0 Å². The van der Waals surface area contributed by atoms with Crippen molar-refractivity contribution in [3.63, 3.8) is 0 Å². The van der Waals surface area contributed by atoms with E-state index in [4.69, 9.17) is 10.3 Å². The Morgan fingerprint density at radius 3 is 3.17 bits per heavy atom. The highest BCUT2D eigenvalue weighted by molar-refractivity contribution is 7.98. The van der Waals surface area contributed by atoms with Gasteiger partial charge < -0.3 is 9.84 Å². The third kappa shape index (κ3) is 2.17. The quantitative estimate of drug-likeness (QED) is 0.430. The largest absolute Gasteiger partial charge is 0.440 e. The maximum Gasteiger partial charge on any atom is 0.255 e.